The molecule has 1 N–H and O–H groups in total. The van der Waals surface area contributed by atoms with E-state index in [4.69, 9.17) is 16.6 Å². The lowest BCUT2D eigenvalue weighted by atomic mass is 10.3. The first-order valence-corrected chi connectivity index (χ1v) is 6.93. The molecule has 0 spiro atoms. The van der Waals surface area contributed by atoms with Gasteiger partial charge < -0.3 is 9.73 Å². The molecule has 3 rings (SSSR count). The first-order valence-electron chi connectivity index (χ1n) is 6.52. The van der Waals surface area contributed by atoms with Gasteiger partial charge in [0.15, 0.2) is 5.58 Å². The first-order chi connectivity index (χ1) is 10.2. The van der Waals surface area contributed by atoms with Crippen LogP contribution in [0.25, 0.3) is 11.1 Å². The Balaban J connectivity index is 1.71. The molecule has 0 saturated heterocycles. The van der Waals surface area contributed by atoms with Gasteiger partial charge in [-0.05, 0) is 36.5 Å². The zero-order valence-corrected chi connectivity index (χ0v) is 12.0. The van der Waals surface area contributed by atoms with Gasteiger partial charge in [-0.3, -0.25) is 14.3 Å². The number of aryl methyl sites for hydroxylation is 1. The van der Waals surface area contributed by atoms with Crippen molar-refractivity contribution in [2.45, 2.75) is 13.0 Å². The normalized spacial score (nSPS) is 10.7. The molecule has 2 aromatic heterocycles. The van der Waals surface area contributed by atoms with Gasteiger partial charge in [0.2, 0.25) is 5.91 Å². The number of rotatable bonds is 4. The predicted molar refractivity (Wildman–Crippen MR) is 82.5 cm³/mol. The molecule has 0 bridgehead atoms. The molecule has 0 aliphatic heterocycles. The second-order valence-electron chi connectivity index (χ2n) is 4.53. The number of aromatic nitrogens is 2. The molecule has 5 nitrogen and oxygen atoms in total. The second-order valence-corrected chi connectivity index (χ2v) is 4.88. The molecular formula is C15H13N3O2S. The van der Waals surface area contributed by atoms with Crippen molar-refractivity contribution in [3.63, 3.8) is 0 Å². The van der Waals surface area contributed by atoms with Crippen molar-refractivity contribution in [1.29, 1.82) is 0 Å². The zero-order valence-electron chi connectivity index (χ0n) is 11.2. The van der Waals surface area contributed by atoms with Crippen LogP contribution < -0.4 is 5.32 Å². The lowest BCUT2D eigenvalue weighted by molar-refractivity contribution is -0.116. The Kier molecular flexibility index (Phi) is 3.79. The van der Waals surface area contributed by atoms with Gasteiger partial charge in [-0.25, -0.2) is 0 Å². The summed E-state index contributed by atoms with van der Waals surface area (Å²) in [6.07, 6.45) is 3.58. The van der Waals surface area contributed by atoms with Crippen LogP contribution in [0.2, 0.25) is 0 Å². The number of nitrogens with one attached hydrogen (secondary N) is 1. The van der Waals surface area contributed by atoms with Gasteiger partial charge >= 0.3 is 0 Å². The van der Waals surface area contributed by atoms with Crippen LogP contribution in [0.5, 0.6) is 0 Å². The monoisotopic (exact) mass is 299 g/mol. The Morgan fingerprint density at radius 2 is 2.14 bits per heavy atom. The van der Waals surface area contributed by atoms with E-state index >= 15 is 0 Å². The van der Waals surface area contributed by atoms with Crippen LogP contribution in [0.15, 0.2) is 53.2 Å². The Morgan fingerprint density at radius 3 is 2.95 bits per heavy atom. The number of carbonyl (C=O) groups excluding carboxylic acids is 1. The number of anilines is 1. The van der Waals surface area contributed by atoms with Crippen molar-refractivity contribution < 1.29 is 9.21 Å². The van der Waals surface area contributed by atoms with Crippen LogP contribution in [0.3, 0.4) is 0 Å². The van der Waals surface area contributed by atoms with Crippen LogP contribution in [-0.2, 0) is 11.3 Å². The van der Waals surface area contributed by atoms with E-state index in [-0.39, 0.29) is 5.91 Å². The Labute approximate surface area is 126 Å². The molecule has 0 radical (unpaired) electrons. The smallest absolute Gasteiger partial charge is 0.269 e. The quantitative estimate of drug-likeness (QED) is 0.750. The topological polar surface area (TPSA) is 60.1 Å². The summed E-state index contributed by atoms with van der Waals surface area (Å²) in [7, 11) is 0. The van der Waals surface area contributed by atoms with Gasteiger partial charge in [-0.15, -0.1) is 0 Å². The molecule has 3 aromatic rings. The number of oxazole rings is 1. The average Bonchev–Trinajstić information content (AvgIpc) is 2.81. The highest BCUT2D eigenvalue weighted by molar-refractivity contribution is 7.71. The predicted octanol–water partition coefficient (Wildman–Crippen LogP) is 3.39. The van der Waals surface area contributed by atoms with Gasteiger partial charge in [0.05, 0.1) is 17.4 Å². The summed E-state index contributed by atoms with van der Waals surface area (Å²) in [6, 6.07) is 11.2. The van der Waals surface area contributed by atoms with E-state index in [1.165, 1.54) is 0 Å². The SMILES string of the molecule is O=C(CCn1c(=S)oc2ccccc21)Nc1cccnc1. The van der Waals surface area contributed by atoms with E-state index in [2.05, 4.69) is 10.3 Å². The fraction of sp³-hybridized carbons (Fsp3) is 0.133. The summed E-state index contributed by atoms with van der Waals surface area (Å²) in [4.78, 5) is 16.3. The highest BCUT2D eigenvalue weighted by Crippen LogP contribution is 2.17. The standard InChI is InChI=1S/C15H13N3O2S/c19-14(17-11-4-3-8-16-10-11)7-9-18-12-5-1-2-6-13(12)20-15(18)21/h1-6,8,10H,7,9H2,(H,17,19). The molecule has 0 saturated carbocycles. The number of pyridine rings is 1. The van der Waals surface area contributed by atoms with Crippen molar-refractivity contribution in [2.24, 2.45) is 0 Å². The highest BCUT2D eigenvalue weighted by Gasteiger charge is 2.08. The summed E-state index contributed by atoms with van der Waals surface area (Å²) in [6.45, 7) is 0.474. The van der Waals surface area contributed by atoms with Crippen LogP contribution in [0.1, 0.15) is 6.42 Å². The van der Waals surface area contributed by atoms with Crippen molar-refractivity contribution in [1.82, 2.24) is 9.55 Å². The lowest BCUT2D eigenvalue weighted by Crippen LogP contribution is -2.14. The number of hydrogen-bond donors (Lipinski definition) is 1. The number of nitrogens with zero attached hydrogens (tertiary/aromatic N) is 2. The van der Waals surface area contributed by atoms with Gasteiger partial charge in [-0.1, -0.05) is 12.1 Å². The van der Waals surface area contributed by atoms with Gasteiger partial charge in [-0.2, -0.15) is 0 Å². The maximum absolute atomic E-state index is 11.9. The highest BCUT2D eigenvalue weighted by atomic mass is 32.1. The number of amides is 1. The van der Waals surface area contributed by atoms with Gasteiger partial charge in [0, 0.05) is 19.2 Å². The number of hydrogen-bond acceptors (Lipinski definition) is 4. The minimum Gasteiger partial charge on any atom is -0.429 e. The molecule has 1 amide bonds. The molecule has 0 aliphatic carbocycles. The minimum absolute atomic E-state index is 0.0878. The molecule has 6 heteroatoms. The van der Waals surface area contributed by atoms with Crippen LogP contribution in [-0.4, -0.2) is 15.5 Å². The fourth-order valence-corrected chi connectivity index (χ4v) is 2.38. The molecule has 0 fully saturated rings. The second kappa shape index (κ2) is 5.88. The van der Waals surface area contributed by atoms with Crippen molar-refractivity contribution >= 4 is 34.9 Å². The molecule has 0 atom stereocenters. The van der Waals surface area contributed by atoms with E-state index in [1.54, 1.807) is 24.5 Å². The summed E-state index contributed by atoms with van der Waals surface area (Å²) in [5.41, 5.74) is 2.31. The minimum atomic E-state index is -0.0878. The van der Waals surface area contributed by atoms with Gasteiger partial charge in [0.25, 0.3) is 4.84 Å². The third-order valence-electron chi connectivity index (χ3n) is 3.08. The van der Waals surface area contributed by atoms with Crippen molar-refractivity contribution in [3.8, 4) is 0 Å². The molecule has 0 unspecified atom stereocenters. The summed E-state index contributed by atoms with van der Waals surface area (Å²) >= 11 is 5.19. The third-order valence-corrected chi connectivity index (χ3v) is 3.39. The number of benzene rings is 1. The van der Waals surface area contributed by atoms with E-state index in [1.807, 2.05) is 28.8 Å². The molecular weight excluding hydrogens is 286 g/mol. The number of fused-ring (bicyclic) bond motifs is 1. The number of carbonyl (C=O) groups is 1. The van der Waals surface area contributed by atoms with Gasteiger partial charge in [0.1, 0.15) is 0 Å². The fourth-order valence-electron chi connectivity index (χ4n) is 2.10. The Morgan fingerprint density at radius 1 is 1.29 bits per heavy atom. The van der Waals surface area contributed by atoms with Crippen molar-refractivity contribution in [2.75, 3.05) is 5.32 Å². The molecule has 0 aliphatic rings. The van der Waals surface area contributed by atoms with Crippen molar-refractivity contribution in [3.05, 3.63) is 53.6 Å². The molecule has 1 aromatic carbocycles. The van der Waals surface area contributed by atoms with E-state index < -0.39 is 0 Å². The van der Waals surface area contributed by atoms with E-state index in [0.29, 0.717) is 23.5 Å². The summed E-state index contributed by atoms with van der Waals surface area (Å²) < 4.78 is 7.31. The Bertz CT molecular complexity index is 824. The zero-order chi connectivity index (χ0) is 14.7. The van der Waals surface area contributed by atoms with Crippen LogP contribution in [0.4, 0.5) is 5.69 Å². The maximum atomic E-state index is 11.9. The molecule has 2 heterocycles. The molecule has 21 heavy (non-hydrogen) atoms. The number of para-hydroxylation sites is 2. The molecule has 106 valence electrons. The lowest BCUT2D eigenvalue weighted by Gasteiger charge is -2.05. The van der Waals surface area contributed by atoms with Crippen LogP contribution >= 0.6 is 12.2 Å². The summed E-state index contributed by atoms with van der Waals surface area (Å²) in [5, 5.41) is 2.79. The van der Waals surface area contributed by atoms with Crippen LogP contribution in [0, 0.1) is 4.84 Å². The summed E-state index contributed by atoms with van der Waals surface area (Å²) in [5.74, 6) is -0.0878. The first kappa shape index (κ1) is 13.5. The maximum Gasteiger partial charge on any atom is 0.269 e. The van der Waals surface area contributed by atoms with E-state index in [0.717, 1.165) is 11.1 Å². The van der Waals surface area contributed by atoms with E-state index in [9.17, 15) is 4.79 Å². The largest absolute Gasteiger partial charge is 0.429 e. The Hall–Kier alpha value is -2.47. The average molecular weight is 299 g/mol. The third kappa shape index (κ3) is 3.00.